The summed E-state index contributed by atoms with van der Waals surface area (Å²) >= 11 is 1.60. The van der Waals surface area contributed by atoms with Crippen LogP contribution >= 0.6 is 11.8 Å². The number of hydrogen-bond donors (Lipinski definition) is 1. The predicted octanol–water partition coefficient (Wildman–Crippen LogP) is 3.09. The summed E-state index contributed by atoms with van der Waals surface area (Å²) < 4.78 is 5.15. The minimum absolute atomic E-state index is 0.0889. The second kappa shape index (κ2) is 8.73. The SMILES string of the molecule is Cc1noc(C)c1CSCC(=O)NCC(C)N1CCc2ccccc2C1. The maximum Gasteiger partial charge on any atom is 0.230 e. The maximum absolute atomic E-state index is 12.1. The zero-order valence-electron chi connectivity index (χ0n) is 15.7. The molecule has 140 valence electrons. The van der Waals surface area contributed by atoms with Gasteiger partial charge in [0.2, 0.25) is 5.91 Å². The van der Waals surface area contributed by atoms with Crippen molar-refractivity contribution in [1.82, 2.24) is 15.4 Å². The van der Waals surface area contributed by atoms with E-state index in [1.165, 1.54) is 11.1 Å². The Morgan fingerprint density at radius 3 is 2.85 bits per heavy atom. The molecule has 1 N–H and O–H groups in total. The van der Waals surface area contributed by atoms with Crippen molar-refractivity contribution in [3.63, 3.8) is 0 Å². The molecule has 1 unspecified atom stereocenters. The third kappa shape index (κ3) is 4.68. The van der Waals surface area contributed by atoms with Crippen LogP contribution in [0.25, 0.3) is 0 Å². The number of nitrogens with one attached hydrogen (secondary N) is 1. The Bertz CT molecular complexity index is 740. The van der Waals surface area contributed by atoms with Crippen molar-refractivity contribution in [2.45, 2.75) is 45.5 Å². The van der Waals surface area contributed by atoms with Gasteiger partial charge >= 0.3 is 0 Å². The van der Waals surface area contributed by atoms with Gasteiger partial charge in [-0.05, 0) is 38.3 Å². The molecule has 0 radical (unpaired) electrons. The highest BCUT2D eigenvalue weighted by Gasteiger charge is 2.20. The van der Waals surface area contributed by atoms with Crippen LogP contribution in [0.5, 0.6) is 0 Å². The lowest BCUT2D eigenvalue weighted by Crippen LogP contribution is -2.44. The number of carbonyl (C=O) groups is 1. The average molecular weight is 374 g/mol. The van der Waals surface area contributed by atoms with E-state index in [-0.39, 0.29) is 5.91 Å². The Morgan fingerprint density at radius 2 is 2.12 bits per heavy atom. The smallest absolute Gasteiger partial charge is 0.230 e. The highest BCUT2D eigenvalue weighted by atomic mass is 32.2. The quantitative estimate of drug-likeness (QED) is 0.808. The molecule has 1 aromatic carbocycles. The normalized spacial score (nSPS) is 15.5. The van der Waals surface area contributed by atoms with Gasteiger partial charge in [-0.15, -0.1) is 11.8 Å². The van der Waals surface area contributed by atoms with Crippen molar-refractivity contribution < 1.29 is 9.32 Å². The number of amides is 1. The van der Waals surface area contributed by atoms with E-state index in [0.29, 0.717) is 18.3 Å². The molecular formula is C20H27N3O2S. The summed E-state index contributed by atoms with van der Waals surface area (Å²) in [4.78, 5) is 14.6. The number of fused-ring (bicyclic) bond motifs is 1. The fraction of sp³-hybridized carbons (Fsp3) is 0.500. The van der Waals surface area contributed by atoms with Gasteiger partial charge in [0.25, 0.3) is 0 Å². The summed E-state index contributed by atoms with van der Waals surface area (Å²) in [6, 6.07) is 8.97. The molecule has 26 heavy (non-hydrogen) atoms. The molecule has 0 saturated heterocycles. The molecule has 5 nitrogen and oxygen atoms in total. The van der Waals surface area contributed by atoms with Gasteiger partial charge < -0.3 is 9.84 Å². The molecular weight excluding hydrogens is 346 g/mol. The summed E-state index contributed by atoms with van der Waals surface area (Å²) in [5.74, 6) is 2.15. The molecule has 0 bridgehead atoms. The van der Waals surface area contributed by atoms with E-state index in [4.69, 9.17) is 4.52 Å². The van der Waals surface area contributed by atoms with Gasteiger partial charge in [-0.3, -0.25) is 9.69 Å². The molecule has 6 heteroatoms. The van der Waals surface area contributed by atoms with E-state index in [1.807, 2.05) is 13.8 Å². The summed E-state index contributed by atoms with van der Waals surface area (Å²) in [5.41, 5.74) is 4.88. The van der Waals surface area contributed by atoms with Gasteiger partial charge in [0.1, 0.15) is 5.76 Å². The first-order chi connectivity index (χ1) is 12.5. The minimum Gasteiger partial charge on any atom is -0.361 e. The van der Waals surface area contributed by atoms with Crippen LogP contribution in [0.4, 0.5) is 0 Å². The number of benzene rings is 1. The van der Waals surface area contributed by atoms with Gasteiger partial charge in [0, 0.05) is 37.0 Å². The largest absolute Gasteiger partial charge is 0.361 e. The van der Waals surface area contributed by atoms with Crippen LogP contribution in [0.15, 0.2) is 28.8 Å². The zero-order valence-corrected chi connectivity index (χ0v) is 16.6. The molecule has 1 aliphatic rings. The Kier molecular flexibility index (Phi) is 6.38. The molecule has 1 atom stereocenters. The highest BCUT2D eigenvalue weighted by Crippen LogP contribution is 2.21. The van der Waals surface area contributed by atoms with Gasteiger partial charge in [0.15, 0.2) is 0 Å². The van der Waals surface area contributed by atoms with Crippen molar-refractivity contribution in [3.8, 4) is 0 Å². The zero-order chi connectivity index (χ0) is 18.5. The van der Waals surface area contributed by atoms with Crippen LogP contribution in [0.1, 0.15) is 35.1 Å². The molecule has 0 saturated carbocycles. The first-order valence-electron chi connectivity index (χ1n) is 9.11. The second-order valence-electron chi connectivity index (χ2n) is 6.94. The van der Waals surface area contributed by atoms with Gasteiger partial charge in [-0.1, -0.05) is 29.4 Å². The number of aryl methyl sites for hydroxylation is 2. The lowest BCUT2D eigenvalue weighted by atomic mass is 9.99. The van der Waals surface area contributed by atoms with E-state index >= 15 is 0 Å². The van der Waals surface area contributed by atoms with Crippen molar-refractivity contribution in [2.75, 3.05) is 18.8 Å². The molecule has 0 spiro atoms. The van der Waals surface area contributed by atoms with Crippen LogP contribution in [-0.4, -0.2) is 40.8 Å². The van der Waals surface area contributed by atoms with Crippen molar-refractivity contribution in [3.05, 3.63) is 52.4 Å². The number of nitrogens with zero attached hydrogens (tertiary/aromatic N) is 2. The molecule has 1 amide bonds. The van der Waals surface area contributed by atoms with Crippen molar-refractivity contribution in [1.29, 1.82) is 0 Å². The van der Waals surface area contributed by atoms with Crippen LogP contribution < -0.4 is 5.32 Å². The predicted molar refractivity (Wildman–Crippen MR) is 105 cm³/mol. The molecule has 1 aromatic heterocycles. The van der Waals surface area contributed by atoms with E-state index in [1.54, 1.807) is 11.8 Å². The Morgan fingerprint density at radius 1 is 1.35 bits per heavy atom. The minimum atomic E-state index is 0.0889. The van der Waals surface area contributed by atoms with Crippen LogP contribution in [0.3, 0.4) is 0 Å². The van der Waals surface area contributed by atoms with Gasteiger partial charge in [0.05, 0.1) is 11.4 Å². The Balaban J connectivity index is 1.39. The van der Waals surface area contributed by atoms with E-state index < -0.39 is 0 Å². The van der Waals surface area contributed by atoms with Crippen LogP contribution in [0, 0.1) is 13.8 Å². The number of hydrogen-bond acceptors (Lipinski definition) is 5. The number of thioether (sulfide) groups is 1. The molecule has 3 rings (SSSR count). The van der Waals surface area contributed by atoms with Crippen LogP contribution in [0.2, 0.25) is 0 Å². The summed E-state index contributed by atoms with van der Waals surface area (Å²) in [5, 5.41) is 7.02. The molecule has 1 aliphatic heterocycles. The third-order valence-corrected chi connectivity index (χ3v) is 6.00. The molecule has 2 aromatic rings. The maximum atomic E-state index is 12.1. The highest BCUT2D eigenvalue weighted by molar-refractivity contribution is 7.99. The van der Waals surface area contributed by atoms with Gasteiger partial charge in [-0.25, -0.2) is 0 Å². The van der Waals surface area contributed by atoms with Gasteiger partial charge in [-0.2, -0.15) is 0 Å². The van der Waals surface area contributed by atoms with E-state index in [9.17, 15) is 4.79 Å². The number of aromatic nitrogens is 1. The topological polar surface area (TPSA) is 58.4 Å². The summed E-state index contributed by atoms with van der Waals surface area (Å²) in [6.07, 6.45) is 1.09. The van der Waals surface area contributed by atoms with Crippen LogP contribution in [-0.2, 0) is 23.5 Å². The number of rotatable bonds is 7. The second-order valence-corrected chi connectivity index (χ2v) is 7.92. The summed E-state index contributed by atoms with van der Waals surface area (Å²) in [7, 11) is 0. The average Bonchev–Trinajstić information content (AvgIpc) is 2.97. The Labute approximate surface area is 159 Å². The van der Waals surface area contributed by atoms with E-state index in [2.05, 4.69) is 46.6 Å². The third-order valence-electron chi connectivity index (χ3n) is 5.04. The monoisotopic (exact) mass is 373 g/mol. The van der Waals surface area contributed by atoms with Crippen molar-refractivity contribution >= 4 is 17.7 Å². The molecule has 0 aliphatic carbocycles. The molecule has 0 fully saturated rings. The van der Waals surface area contributed by atoms with Crippen molar-refractivity contribution in [2.24, 2.45) is 0 Å². The first kappa shape index (κ1) is 19.0. The standard InChI is InChI=1S/C20H27N3O2S/c1-14(23-9-8-17-6-4-5-7-18(17)11-23)10-21-20(24)13-26-12-19-15(2)22-25-16(19)3/h4-7,14H,8-13H2,1-3H3,(H,21,24). The lowest BCUT2D eigenvalue weighted by molar-refractivity contribution is -0.118. The molecule has 2 heterocycles. The van der Waals surface area contributed by atoms with E-state index in [0.717, 1.165) is 42.3 Å². The lowest BCUT2D eigenvalue weighted by Gasteiger charge is -2.33. The summed E-state index contributed by atoms with van der Waals surface area (Å²) in [6.45, 7) is 8.74. The first-order valence-corrected chi connectivity index (χ1v) is 10.3. The Hall–Kier alpha value is -1.79. The fourth-order valence-electron chi connectivity index (χ4n) is 3.29. The number of carbonyl (C=O) groups excluding carboxylic acids is 1. The fourth-order valence-corrected chi connectivity index (χ4v) is 4.29.